The Labute approximate surface area is 172 Å². The van der Waals surface area contributed by atoms with Crippen molar-refractivity contribution in [3.05, 3.63) is 78.1 Å². The number of carbonyl (C=O) groups excluding carboxylic acids is 1. The van der Waals surface area contributed by atoms with Crippen molar-refractivity contribution in [1.82, 2.24) is 20.0 Å². The Kier molecular flexibility index (Phi) is 4.71. The van der Waals surface area contributed by atoms with Gasteiger partial charge in [0.05, 0.1) is 0 Å². The molecule has 0 N–H and O–H groups in total. The van der Waals surface area contributed by atoms with E-state index in [9.17, 15) is 9.18 Å². The third kappa shape index (κ3) is 3.54. The zero-order valence-corrected chi connectivity index (χ0v) is 16.2. The summed E-state index contributed by atoms with van der Waals surface area (Å²) in [6.07, 6.45) is 3.17. The summed E-state index contributed by atoms with van der Waals surface area (Å²) in [4.78, 5) is 23.7. The van der Waals surface area contributed by atoms with Gasteiger partial charge in [-0.3, -0.25) is 9.78 Å². The first-order valence-electron chi connectivity index (χ1n) is 9.89. The number of aromatic nitrogens is 3. The van der Waals surface area contributed by atoms with E-state index in [4.69, 9.17) is 4.52 Å². The molecular weight excluding hydrogens is 383 g/mol. The van der Waals surface area contributed by atoms with Crippen molar-refractivity contribution in [2.75, 3.05) is 13.1 Å². The lowest BCUT2D eigenvalue weighted by molar-refractivity contribution is 0.0783. The molecule has 4 aromatic rings. The molecule has 0 radical (unpaired) electrons. The second-order valence-corrected chi connectivity index (χ2v) is 7.51. The Morgan fingerprint density at radius 1 is 1.13 bits per heavy atom. The molecule has 1 atom stereocenters. The zero-order chi connectivity index (χ0) is 20.5. The van der Waals surface area contributed by atoms with Gasteiger partial charge in [0.25, 0.3) is 11.8 Å². The Balaban J connectivity index is 1.27. The molecule has 150 valence electrons. The van der Waals surface area contributed by atoms with E-state index in [0.717, 1.165) is 17.2 Å². The van der Waals surface area contributed by atoms with Crippen LogP contribution in [0.2, 0.25) is 0 Å². The first-order valence-corrected chi connectivity index (χ1v) is 9.89. The highest BCUT2D eigenvalue weighted by Gasteiger charge is 2.29. The highest BCUT2D eigenvalue weighted by molar-refractivity contribution is 6.05. The minimum atomic E-state index is -0.310. The third-order valence-electron chi connectivity index (χ3n) is 5.48. The van der Waals surface area contributed by atoms with Crippen molar-refractivity contribution in [2.45, 2.75) is 12.8 Å². The molecule has 0 bridgehead atoms. The smallest absolute Gasteiger partial charge is 0.273 e. The number of likely N-dealkylation sites (tertiary alicyclic amines) is 1. The largest absolute Gasteiger partial charge is 0.337 e. The summed E-state index contributed by atoms with van der Waals surface area (Å²) in [5, 5.41) is 5.93. The second-order valence-electron chi connectivity index (χ2n) is 7.51. The lowest BCUT2D eigenvalue weighted by Crippen LogP contribution is -2.29. The van der Waals surface area contributed by atoms with E-state index in [1.807, 2.05) is 35.2 Å². The van der Waals surface area contributed by atoms with E-state index in [-0.39, 0.29) is 17.6 Å². The first-order chi connectivity index (χ1) is 14.7. The van der Waals surface area contributed by atoms with Gasteiger partial charge in [0.1, 0.15) is 11.5 Å². The maximum atomic E-state index is 13.1. The van der Waals surface area contributed by atoms with Crippen molar-refractivity contribution in [2.24, 2.45) is 5.92 Å². The van der Waals surface area contributed by atoms with Crippen molar-refractivity contribution < 1.29 is 13.7 Å². The van der Waals surface area contributed by atoms with Crippen LogP contribution < -0.4 is 0 Å². The van der Waals surface area contributed by atoms with Gasteiger partial charge in [-0.25, -0.2) is 4.39 Å². The summed E-state index contributed by atoms with van der Waals surface area (Å²) in [6, 6.07) is 15.6. The third-order valence-corrected chi connectivity index (χ3v) is 5.48. The second kappa shape index (κ2) is 7.67. The first kappa shape index (κ1) is 18.4. The Morgan fingerprint density at radius 3 is 2.83 bits per heavy atom. The maximum absolute atomic E-state index is 13.1. The van der Waals surface area contributed by atoms with Gasteiger partial charge >= 0.3 is 0 Å². The number of nitrogens with zero attached hydrogens (tertiary/aromatic N) is 4. The minimum absolute atomic E-state index is 0.0468. The number of carbonyl (C=O) groups is 1. The highest BCUT2D eigenvalue weighted by Crippen LogP contribution is 2.25. The van der Waals surface area contributed by atoms with E-state index in [2.05, 4.69) is 15.1 Å². The van der Waals surface area contributed by atoms with Crippen LogP contribution in [0.15, 0.2) is 65.3 Å². The number of halogens is 1. The molecule has 1 fully saturated rings. The summed E-state index contributed by atoms with van der Waals surface area (Å²) in [5.41, 5.74) is 1.17. The quantitative estimate of drug-likeness (QED) is 0.513. The molecule has 7 heteroatoms. The molecule has 2 aromatic heterocycles. The molecule has 6 nitrogen and oxygen atoms in total. The van der Waals surface area contributed by atoms with Gasteiger partial charge in [-0.15, -0.1) is 0 Å². The normalized spacial score (nSPS) is 16.3. The molecule has 0 saturated carbocycles. The van der Waals surface area contributed by atoms with Crippen LogP contribution in [0.3, 0.4) is 0 Å². The average molecular weight is 402 g/mol. The van der Waals surface area contributed by atoms with Gasteiger partial charge in [-0.05, 0) is 48.1 Å². The summed E-state index contributed by atoms with van der Waals surface area (Å²) < 4.78 is 18.4. The number of amides is 1. The molecule has 1 saturated heterocycles. The molecule has 1 unspecified atom stereocenters. The standard InChI is InChI=1S/C23H19FN4O2/c24-18-7-5-17(6-8-18)22-26-20(27-30-22)13-15-10-12-28(14-15)23(29)21-19-4-2-1-3-16(19)9-11-25-21/h1-9,11,15H,10,12-14H2. The van der Waals surface area contributed by atoms with E-state index >= 15 is 0 Å². The lowest BCUT2D eigenvalue weighted by Gasteiger charge is -2.16. The number of rotatable bonds is 4. The number of benzene rings is 2. The SMILES string of the molecule is O=C(c1nccc2ccccc12)N1CCC(Cc2noc(-c3ccc(F)cc3)n2)C1. The molecule has 0 aliphatic carbocycles. The van der Waals surface area contributed by atoms with Crippen LogP contribution in [0.4, 0.5) is 4.39 Å². The van der Waals surface area contributed by atoms with Crippen molar-refractivity contribution in [3.63, 3.8) is 0 Å². The van der Waals surface area contributed by atoms with Crippen LogP contribution in [0, 0.1) is 11.7 Å². The maximum Gasteiger partial charge on any atom is 0.273 e. The van der Waals surface area contributed by atoms with E-state index in [1.165, 1.54) is 12.1 Å². The van der Waals surface area contributed by atoms with Gasteiger partial charge < -0.3 is 9.42 Å². The van der Waals surface area contributed by atoms with Crippen LogP contribution in [0.5, 0.6) is 0 Å². The number of pyridine rings is 1. The van der Waals surface area contributed by atoms with Crippen LogP contribution in [-0.2, 0) is 6.42 Å². The Morgan fingerprint density at radius 2 is 1.97 bits per heavy atom. The van der Waals surface area contributed by atoms with Crippen LogP contribution in [0.1, 0.15) is 22.7 Å². The monoisotopic (exact) mass is 402 g/mol. The topological polar surface area (TPSA) is 72.1 Å². The van der Waals surface area contributed by atoms with Gasteiger partial charge in [0.15, 0.2) is 5.82 Å². The molecule has 5 rings (SSSR count). The molecule has 1 amide bonds. The number of hydrogen-bond donors (Lipinski definition) is 0. The van der Waals surface area contributed by atoms with E-state index < -0.39 is 0 Å². The van der Waals surface area contributed by atoms with Crippen LogP contribution in [0.25, 0.3) is 22.2 Å². The zero-order valence-electron chi connectivity index (χ0n) is 16.2. The van der Waals surface area contributed by atoms with Crippen molar-refractivity contribution in [3.8, 4) is 11.5 Å². The van der Waals surface area contributed by atoms with Gasteiger partial charge in [0, 0.05) is 36.7 Å². The highest BCUT2D eigenvalue weighted by atomic mass is 19.1. The minimum Gasteiger partial charge on any atom is -0.337 e. The average Bonchev–Trinajstić information content (AvgIpc) is 3.44. The Hall–Kier alpha value is -3.61. The van der Waals surface area contributed by atoms with E-state index in [0.29, 0.717) is 42.5 Å². The van der Waals surface area contributed by atoms with Crippen molar-refractivity contribution >= 4 is 16.7 Å². The molecular formula is C23H19FN4O2. The molecule has 2 aromatic carbocycles. The van der Waals surface area contributed by atoms with Crippen LogP contribution in [-0.4, -0.2) is 39.0 Å². The predicted octanol–water partition coefficient (Wildman–Crippen LogP) is 4.13. The van der Waals surface area contributed by atoms with E-state index in [1.54, 1.807) is 18.3 Å². The van der Waals surface area contributed by atoms with Gasteiger partial charge in [0.2, 0.25) is 0 Å². The van der Waals surface area contributed by atoms with Gasteiger partial charge in [-0.2, -0.15) is 4.98 Å². The summed E-state index contributed by atoms with van der Waals surface area (Å²) in [6.45, 7) is 1.31. The summed E-state index contributed by atoms with van der Waals surface area (Å²) in [5.74, 6) is 0.861. The van der Waals surface area contributed by atoms with Crippen LogP contribution >= 0.6 is 0 Å². The molecule has 30 heavy (non-hydrogen) atoms. The Bertz CT molecular complexity index is 1200. The fraction of sp³-hybridized carbons (Fsp3) is 0.217. The lowest BCUT2D eigenvalue weighted by atomic mass is 10.0. The van der Waals surface area contributed by atoms with Crippen molar-refractivity contribution in [1.29, 1.82) is 0 Å². The molecule has 3 heterocycles. The molecule has 1 aliphatic heterocycles. The summed E-state index contributed by atoms with van der Waals surface area (Å²) in [7, 11) is 0. The molecule has 0 spiro atoms. The predicted molar refractivity (Wildman–Crippen MR) is 109 cm³/mol. The fourth-order valence-corrected chi connectivity index (χ4v) is 3.93. The fourth-order valence-electron chi connectivity index (χ4n) is 3.93. The molecule has 1 aliphatic rings. The number of hydrogen-bond acceptors (Lipinski definition) is 5. The summed E-state index contributed by atoms with van der Waals surface area (Å²) >= 11 is 0. The number of fused-ring (bicyclic) bond motifs is 1. The van der Waals surface area contributed by atoms with Gasteiger partial charge in [-0.1, -0.05) is 29.4 Å².